The van der Waals surface area contributed by atoms with Crippen molar-refractivity contribution in [3.63, 3.8) is 0 Å². The molecule has 0 N–H and O–H groups in total. The van der Waals surface area contributed by atoms with Gasteiger partial charge in [0.25, 0.3) is 0 Å². The maximum absolute atomic E-state index is 2.18. The van der Waals surface area contributed by atoms with Crippen molar-refractivity contribution in [1.29, 1.82) is 0 Å². The molecule has 0 atom stereocenters. The minimum Gasteiger partial charge on any atom is -0.0808 e. The lowest BCUT2D eigenvalue weighted by Gasteiger charge is -1.92. The molecule has 0 unspecified atom stereocenters. The lowest BCUT2D eigenvalue weighted by molar-refractivity contribution is 1.21. The molecule has 1 rings (SSSR count). The van der Waals surface area contributed by atoms with E-state index in [0.29, 0.717) is 0 Å². The topological polar surface area (TPSA) is 0 Å². The normalized spacial score (nSPS) is 31.5. The highest BCUT2D eigenvalue weighted by Gasteiger charge is 1.82. The van der Waals surface area contributed by atoms with Crippen LogP contribution in [0.2, 0.25) is 0 Å². The van der Waals surface area contributed by atoms with Gasteiger partial charge in [-0.3, -0.25) is 0 Å². The Morgan fingerprint density at radius 3 is 2.64 bits per heavy atom. The van der Waals surface area contributed by atoms with Gasteiger partial charge in [0.15, 0.2) is 0 Å². The Balaban J connectivity index is 2.62. The number of rotatable bonds is 0. The standard InChI is InChI=1S/C11H14/c1-11-9-7-5-3-2-4-6-8-10-11/h2-3,5-8,10H,4,9H2,1H3/b3-2-,7-5-,8-6-,11-10-. The third kappa shape index (κ3) is 3.61. The van der Waals surface area contributed by atoms with Crippen LogP contribution in [0.4, 0.5) is 0 Å². The Kier molecular flexibility index (Phi) is 3.46. The third-order valence-corrected chi connectivity index (χ3v) is 1.61. The first-order valence-electron chi connectivity index (χ1n) is 4.03. The van der Waals surface area contributed by atoms with Gasteiger partial charge in [0.2, 0.25) is 0 Å². The fourth-order valence-corrected chi connectivity index (χ4v) is 0.947. The van der Waals surface area contributed by atoms with Crippen molar-refractivity contribution < 1.29 is 0 Å². The molecule has 0 saturated heterocycles. The van der Waals surface area contributed by atoms with Crippen LogP contribution in [0.5, 0.6) is 0 Å². The molecule has 0 heteroatoms. The maximum Gasteiger partial charge on any atom is -0.0135 e. The van der Waals surface area contributed by atoms with E-state index in [-0.39, 0.29) is 0 Å². The molecular formula is C11H14. The fourth-order valence-electron chi connectivity index (χ4n) is 0.947. The lowest BCUT2D eigenvalue weighted by Crippen LogP contribution is -1.72. The molecule has 0 amide bonds. The summed E-state index contributed by atoms with van der Waals surface area (Å²) in [5, 5.41) is 0. The van der Waals surface area contributed by atoms with E-state index in [9.17, 15) is 0 Å². The van der Waals surface area contributed by atoms with Crippen molar-refractivity contribution in [2.24, 2.45) is 0 Å². The second-order valence-corrected chi connectivity index (χ2v) is 2.74. The summed E-state index contributed by atoms with van der Waals surface area (Å²) in [6.45, 7) is 2.15. The summed E-state index contributed by atoms with van der Waals surface area (Å²) in [6, 6.07) is 0. The van der Waals surface area contributed by atoms with E-state index in [1.165, 1.54) is 5.57 Å². The van der Waals surface area contributed by atoms with Gasteiger partial charge in [0.1, 0.15) is 0 Å². The monoisotopic (exact) mass is 146 g/mol. The van der Waals surface area contributed by atoms with Crippen LogP contribution in [0.15, 0.2) is 48.1 Å². The molecule has 0 heterocycles. The lowest BCUT2D eigenvalue weighted by atomic mass is 10.1. The minimum atomic E-state index is 1.04. The molecule has 0 aromatic rings. The van der Waals surface area contributed by atoms with Crippen molar-refractivity contribution in [2.45, 2.75) is 19.8 Å². The van der Waals surface area contributed by atoms with Crippen LogP contribution in [-0.2, 0) is 0 Å². The highest BCUT2D eigenvalue weighted by atomic mass is 13.9. The van der Waals surface area contributed by atoms with Crippen molar-refractivity contribution in [2.75, 3.05) is 0 Å². The summed E-state index contributed by atoms with van der Waals surface area (Å²) < 4.78 is 0. The van der Waals surface area contributed by atoms with E-state index in [2.05, 4.69) is 49.5 Å². The Labute approximate surface area is 68.6 Å². The molecule has 1 aliphatic carbocycles. The average Bonchev–Trinajstić information content (AvgIpc) is 2.03. The van der Waals surface area contributed by atoms with Gasteiger partial charge < -0.3 is 0 Å². The van der Waals surface area contributed by atoms with Gasteiger partial charge in [-0.25, -0.2) is 0 Å². The highest BCUT2D eigenvalue weighted by Crippen LogP contribution is 2.03. The summed E-state index contributed by atoms with van der Waals surface area (Å²) >= 11 is 0. The summed E-state index contributed by atoms with van der Waals surface area (Å²) in [4.78, 5) is 0. The van der Waals surface area contributed by atoms with E-state index < -0.39 is 0 Å². The molecule has 0 radical (unpaired) electrons. The zero-order valence-corrected chi connectivity index (χ0v) is 6.96. The number of hydrogen-bond acceptors (Lipinski definition) is 0. The van der Waals surface area contributed by atoms with Gasteiger partial charge in [-0.05, 0) is 19.8 Å². The summed E-state index contributed by atoms with van der Waals surface area (Å²) in [5.41, 5.74) is 1.41. The molecule has 58 valence electrons. The quantitative estimate of drug-likeness (QED) is 0.491. The van der Waals surface area contributed by atoms with E-state index in [4.69, 9.17) is 0 Å². The van der Waals surface area contributed by atoms with E-state index in [1.807, 2.05) is 0 Å². The van der Waals surface area contributed by atoms with Crippen LogP contribution in [0.3, 0.4) is 0 Å². The SMILES string of the molecule is C/C1=C/C=C\C/C=C\C=C/C1. The molecule has 0 saturated carbocycles. The molecule has 0 aliphatic heterocycles. The van der Waals surface area contributed by atoms with Gasteiger partial charge in [-0.1, -0.05) is 48.1 Å². The zero-order chi connectivity index (χ0) is 7.94. The molecule has 0 fully saturated rings. The van der Waals surface area contributed by atoms with E-state index in [0.717, 1.165) is 12.8 Å². The first-order chi connectivity index (χ1) is 5.39. The van der Waals surface area contributed by atoms with Crippen LogP contribution in [0.1, 0.15) is 19.8 Å². The Morgan fingerprint density at radius 1 is 1.00 bits per heavy atom. The van der Waals surface area contributed by atoms with Crippen LogP contribution in [-0.4, -0.2) is 0 Å². The average molecular weight is 146 g/mol. The molecule has 11 heavy (non-hydrogen) atoms. The van der Waals surface area contributed by atoms with Gasteiger partial charge in [0.05, 0.1) is 0 Å². The second kappa shape index (κ2) is 4.73. The van der Waals surface area contributed by atoms with E-state index in [1.54, 1.807) is 0 Å². The van der Waals surface area contributed by atoms with Gasteiger partial charge in [0, 0.05) is 0 Å². The van der Waals surface area contributed by atoms with Crippen LogP contribution in [0.25, 0.3) is 0 Å². The van der Waals surface area contributed by atoms with Crippen LogP contribution < -0.4 is 0 Å². The van der Waals surface area contributed by atoms with Crippen molar-refractivity contribution >= 4 is 0 Å². The van der Waals surface area contributed by atoms with Gasteiger partial charge in [-0.2, -0.15) is 0 Å². The summed E-state index contributed by atoms with van der Waals surface area (Å²) in [6.07, 6.45) is 17.1. The maximum atomic E-state index is 2.18. The predicted molar refractivity (Wildman–Crippen MR) is 50.4 cm³/mol. The molecule has 0 aromatic heterocycles. The highest BCUT2D eigenvalue weighted by molar-refractivity contribution is 5.17. The Hall–Kier alpha value is -1.04. The summed E-state index contributed by atoms with van der Waals surface area (Å²) in [7, 11) is 0. The molecule has 0 aromatic carbocycles. The molecule has 0 bridgehead atoms. The van der Waals surface area contributed by atoms with Crippen molar-refractivity contribution in [3.05, 3.63) is 48.1 Å². The van der Waals surface area contributed by atoms with Crippen LogP contribution >= 0.6 is 0 Å². The molecule has 0 nitrogen and oxygen atoms in total. The van der Waals surface area contributed by atoms with Crippen molar-refractivity contribution in [3.8, 4) is 0 Å². The first kappa shape index (κ1) is 8.06. The van der Waals surface area contributed by atoms with E-state index >= 15 is 0 Å². The Bertz CT molecular complexity index is 214. The fraction of sp³-hybridized carbons (Fsp3) is 0.273. The minimum absolute atomic E-state index is 1.04. The predicted octanol–water partition coefficient (Wildman–Crippen LogP) is 3.40. The molecular weight excluding hydrogens is 132 g/mol. The van der Waals surface area contributed by atoms with Crippen molar-refractivity contribution in [1.82, 2.24) is 0 Å². The molecule has 1 aliphatic rings. The largest absolute Gasteiger partial charge is 0.0808 e. The number of hydrogen-bond donors (Lipinski definition) is 0. The number of allylic oxidation sites excluding steroid dienone is 8. The van der Waals surface area contributed by atoms with Crippen LogP contribution in [0, 0.1) is 0 Å². The summed E-state index contributed by atoms with van der Waals surface area (Å²) in [5.74, 6) is 0. The smallest absolute Gasteiger partial charge is 0.0135 e. The van der Waals surface area contributed by atoms with Gasteiger partial charge >= 0.3 is 0 Å². The first-order valence-corrected chi connectivity index (χ1v) is 4.03. The Morgan fingerprint density at radius 2 is 1.73 bits per heavy atom. The molecule has 0 spiro atoms. The third-order valence-electron chi connectivity index (χ3n) is 1.61. The van der Waals surface area contributed by atoms with Gasteiger partial charge in [-0.15, -0.1) is 0 Å². The second-order valence-electron chi connectivity index (χ2n) is 2.74. The zero-order valence-electron chi connectivity index (χ0n) is 6.96.